The van der Waals surface area contributed by atoms with E-state index in [-0.39, 0.29) is 11.9 Å². The molecule has 1 N–H and O–H groups in total. The summed E-state index contributed by atoms with van der Waals surface area (Å²) in [5, 5.41) is 2.79. The zero-order valence-electron chi connectivity index (χ0n) is 14.7. The molecule has 0 saturated carbocycles. The van der Waals surface area contributed by atoms with Crippen LogP contribution >= 0.6 is 0 Å². The first-order valence-corrected chi connectivity index (χ1v) is 8.24. The van der Waals surface area contributed by atoms with Crippen molar-refractivity contribution in [1.82, 2.24) is 0 Å². The van der Waals surface area contributed by atoms with Gasteiger partial charge in [-0.05, 0) is 48.7 Å². The summed E-state index contributed by atoms with van der Waals surface area (Å²) in [5.41, 5.74) is 1.06. The molecule has 5 nitrogen and oxygen atoms in total. The Bertz CT molecular complexity index is 723. The second-order valence-corrected chi connectivity index (χ2v) is 6.09. The fourth-order valence-electron chi connectivity index (χ4n) is 2.23. The van der Waals surface area contributed by atoms with Gasteiger partial charge in [0.25, 0.3) is 5.91 Å². The van der Waals surface area contributed by atoms with E-state index in [4.69, 9.17) is 9.47 Å². The highest BCUT2D eigenvalue weighted by molar-refractivity contribution is 6.06. The van der Waals surface area contributed by atoms with Gasteiger partial charge in [-0.2, -0.15) is 0 Å². The number of rotatable bonds is 7. The molecule has 132 valence electrons. The monoisotopic (exact) mass is 341 g/mol. The van der Waals surface area contributed by atoms with Crippen molar-refractivity contribution in [1.29, 1.82) is 0 Å². The number of hydrogen-bond donors (Lipinski definition) is 1. The first kappa shape index (κ1) is 18.5. The summed E-state index contributed by atoms with van der Waals surface area (Å²) in [4.78, 5) is 24.1. The molecule has 1 amide bonds. The molecule has 0 fully saturated rings. The molecule has 2 aromatic rings. The minimum atomic E-state index is -0.265. The Labute approximate surface area is 148 Å². The van der Waals surface area contributed by atoms with Crippen molar-refractivity contribution in [3.05, 3.63) is 54.1 Å². The van der Waals surface area contributed by atoms with E-state index in [0.29, 0.717) is 35.1 Å². The lowest BCUT2D eigenvalue weighted by atomic mass is 10.1. The van der Waals surface area contributed by atoms with Crippen LogP contribution in [0.1, 0.15) is 37.0 Å². The second kappa shape index (κ2) is 8.87. The minimum absolute atomic E-state index is 0.250. The van der Waals surface area contributed by atoms with Crippen molar-refractivity contribution >= 4 is 17.6 Å². The van der Waals surface area contributed by atoms with Crippen LogP contribution in [0.3, 0.4) is 0 Å². The summed E-state index contributed by atoms with van der Waals surface area (Å²) in [6.45, 7) is 4.12. The van der Waals surface area contributed by atoms with E-state index in [1.165, 1.54) is 7.11 Å². The lowest BCUT2D eigenvalue weighted by Gasteiger charge is -2.10. The predicted octanol–water partition coefficient (Wildman–Crippen LogP) is 4.29. The maximum Gasteiger partial charge on any atom is 0.311 e. The minimum Gasteiger partial charge on any atom is -0.496 e. The van der Waals surface area contributed by atoms with Gasteiger partial charge in [0.15, 0.2) is 0 Å². The van der Waals surface area contributed by atoms with Crippen LogP contribution in [0.5, 0.6) is 11.5 Å². The first-order valence-electron chi connectivity index (χ1n) is 8.24. The number of ether oxygens (including phenoxy) is 2. The molecule has 0 bridgehead atoms. The van der Waals surface area contributed by atoms with Gasteiger partial charge in [0.05, 0.1) is 12.7 Å². The summed E-state index contributed by atoms with van der Waals surface area (Å²) in [6, 6.07) is 13.7. The van der Waals surface area contributed by atoms with Gasteiger partial charge in [-0.25, -0.2) is 0 Å². The molecular weight excluding hydrogens is 318 g/mol. The fourth-order valence-corrected chi connectivity index (χ4v) is 2.23. The number of methoxy groups -OCH3 is 1. The molecule has 0 aromatic heterocycles. The van der Waals surface area contributed by atoms with Crippen LogP contribution < -0.4 is 14.8 Å². The fraction of sp³-hybridized carbons (Fsp3) is 0.300. The van der Waals surface area contributed by atoms with Gasteiger partial charge in [0.2, 0.25) is 0 Å². The van der Waals surface area contributed by atoms with E-state index in [1.54, 1.807) is 48.5 Å². The predicted molar refractivity (Wildman–Crippen MR) is 97.1 cm³/mol. The number of nitrogens with one attached hydrogen (secondary N) is 1. The Hall–Kier alpha value is -2.82. The van der Waals surface area contributed by atoms with E-state index >= 15 is 0 Å². The first-order chi connectivity index (χ1) is 12.0. The van der Waals surface area contributed by atoms with Crippen LogP contribution in [0.4, 0.5) is 5.69 Å². The summed E-state index contributed by atoms with van der Waals surface area (Å²) in [7, 11) is 1.52. The van der Waals surface area contributed by atoms with Crippen LogP contribution in [-0.2, 0) is 4.79 Å². The van der Waals surface area contributed by atoms with Crippen molar-refractivity contribution in [2.24, 2.45) is 5.92 Å². The van der Waals surface area contributed by atoms with E-state index in [9.17, 15) is 9.59 Å². The molecule has 0 unspecified atom stereocenters. The van der Waals surface area contributed by atoms with Gasteiger partial charge in [-0.3, -0.25) is 9.59 Å². The maximum absolute atomic E-state index is 12.3. The number of hydrogen-bond acceptors (Lipinski definition) is 4. The average molecular weight is 341 g/mol. The lowest BCUT2D eigenvalue weighted by Crippen LogP contribution is -2.13. The topological polar surface area (TPSA) is 64.6 Å². The lowest BCUT2D eigenvalue weighted by molar-refractivity contribution is -0.134. The number of carbonyl (C=O) groups excluding carboxylic acids is 2. The molecule has 0 aliphatic rings. The third kappa shape index (κ3) is 5.64. The molecule has 2 aromatic carbocycles. The van der Waals surface area contributed by atoms with Gasteiger partial charge in [-0.15, -0.1) is 0 Å². The number of esters is 1. The highest BCUT2D eigenvalue weighted by Gasteiger charge is 2.12. The standard InChI is InChI=1S/C20H23NO4/c1-14(2)8-13-19(22)25-16-11-9-15(10-12-16)21-20(23)17-6-4-5-7-18(17)24-3/h4-7,9-12,14H,8,13H2,1-3H3,(H,21,23). The third-order valence-electron chi connectivity index (χ3n) is 3.62. The molecule has 0 spiro atoms. The summed E-state index contributed by atoms with van der Waals surface area (Å²) in [5.74, 6) is 0.915. The van der Waals surface area contributed by atoms with Crippen LogP contribution in [-0.4, -0.2) is 19.0 Å². The molecule has 25 heavy (non-hydrogen) atoms. The number of para-hydroxylation sites is 1. The molecule has 0 heterocycles. The largest absolute Gasteiger partial charge is 0.496 e. The van der Waals surface area contributed by atoms with Gasteiger partial charge in [0.1, 0.15) is 11.5 Å². The van der Waals surface area contributed by atoms with E-state index in [1.807, 2.05) is 0 Å². The van der Waals surface area contributed by atoms with Gasteiger partial charge in [-0.1, -0.05) is 26.0 Å². The number of amides is 1. The molecule has 0 aliphatic heterocycles. The smallest absolute Gasteiger partial charge is 0.311 e. The summed E-state index contributed by atoms with van der Waals surface area (Å²) in [6.07, 6.45) is 1.19. The van der Waals surface area contributed by atoms with Crippen LogP contribution in [0.2, 0.25) is 0 Å². The normalized spacial score (nSPS) is 10.4. The quantitative estimate of drug-likeness (QED) is 0.603. The van der Waals surface area contributed by atoms with Gasteiger partial charge < -0.3 is 14.8 Å². The van der Waals surface area contributed by atoms with Crippen molar-refractivity contribution < 1.29 is 19.1 Å². The summed E-state index contributed by atoms with van der Waals surface area (Å²) < 4.78 is 10.5. The zero-order chi connectivity index (χ0) is 18.2. The van der Waals surface area contributed by atoms with Crippen molar-refractivity contribution in [2.45, 2.75) is 26.7 Å². The Kier molecular flexibility index (Phi) is 6.57. The molecule has 2 rings (SSSR count). The van der Waals surface area contributed by atoms with Crippen molar-refractivity contribution in [3.8, 4) is 11.5 Å². The SMILES string of the molecule is COc1ccccc1C(=O)Nc1ccc(OC(=O)CCC(C)C)cc1. The second-order valence-electron chi connectivity index (χ2n) is 6.09. The molecule has 0 atom stereocenters. The zero-order valence-corrected chi connectivity index (χ0v) is 14.7. The van der Waals surface area contributed by atoms with Crippen LogP contribution in [0.25, 0.3) is 0 Å². The van der Waals surface area contributed by atoms with Crippen molar-refractivity contribution in [3.63, 3.8) is 0 Å². The number of anilines is 1. The van der Waals surface area contributed by atoms with E-state index in [2.05, 4.69) is 19.2 Å². The van der Waals surface area contributed by atoms with Crippen LogP contribution in [0.15, 0.2) is 48.5 Å². The average Bonchev–Trinajstić information content (AvgIpc) is 2.61. The Morgan fingerprint density at radius 2 is 1.72 bits per heavy atom. The maximum atomic E-state index is 12.3. The van der Waals surface area contributed by atoms with Crippen molar-refractivity contribution in [2.75, 3.05) is 12.4 Å². The highest BCUT2D eigenvalue weighted by Crippen LogP contribution is 2.21. The number of carbonyl (C=O) groups is 2. The molecular formula is C20H23NO4. The van der Waals surface area contributed by atoms with E-state index in [0.717, 1.165) is 6.42 Å². The van der Waals surface area contributed by atoms with E-state index < -0.39 is 0 Å². The molecule has 0 saturated heterocycles. The van der Waals surface area contributed by atoms with Gasteiger partial charge >= 0.3 is 5.97 Å². The van der Waals surface area contributed by atoms with Gasteiger partial charge in [0, 0.05) is 12.1 Å². The highest BCUT2D eigenvalue weighted by atomic mass is 16.5. The molecule has 0 radical (unpaired) electrons. The molecule has 0 aliphatic carbocycles. The Morgan fingerprint density at radius 3 is 2.36 bits per heavy atom. The third-order valence-corrected chi connectivity index (χ3v) is 3.62. The summed E-state index contributed by atoms with van der Waals surface area (Å²) >= 11 is 0. The van der Waals surface area contributed by atoms with Crippen LogP contribution in [0, 0.1) is 5.92 Å². The Balaban J connectivity index is 1.96. The number of benzene rings is 2. The Morgan fingerprint density at radius 1 is 1.04 bits per heavy atom. The molecule has 5 heteroatoms.